The zero-order chi connectivity index (χ0) is 29.3. The Labute approximate surface area is 246 Å². The van der Waals surface area contributed by atoms with Crippen LogP contribution >= 0.6 is 0 Å². The van der Waals surface area contributed by atoms with E-state index in [-0.39, 0.29) is 11.9 Å². The predicted molar refractivity (Wildman–Crippen MR) is 167 cm³/mol. The van der Waals surface area contributed by atoms with Crippen LogP contribution in [0, 0.1) is 0 Å². The summed E-state index contributed by atoms with van der Waals surface area (Å²) in [4.78, 5) is 29.4. The summed E-state index contributed by atoms with van der Waals surface area (Å²) >= 11 is 0. The highest BCUT2D eigenvalue weighted by molar-refractivity contribution is 5.93. The highest BCUT2D eigenvalue weighted by Gasteiger charge is 2.11. The van der Waals surface area contributed by atoms with Crippen LogP contribution < -0.4 is 0 Å². The number of carbonyl (C=O) groups is 2. The second-order valence-electron chi connectivity index (χ2n) is 11.4. The minimum atomic E-state index is -0.348. The highest BCUT2D eigenvalue weighted by Crippen LogP contribution is 2.10. The molecule has 0 spiro atoms. The van der Waals surface area contributed by atoms with Crippen molar-refractivity contribution in [3.05, 3.63) is 35.4 Å². The van der Waals surface area contributed by atoms with Gasteiger partial charge in [0.05, 0.1) is 24.3 Å². The van der Waals surface area contributed by atoms with E-state index >= 15 is 0 Å². The zero-order valence-corrected chi connectivity index (χ0v) is 26.4. The van der Waals surface area contributed by atoms with Crippen molar-refractivity contribution in [2.45, 2.75) is 117 Å². The summed E-state index contributed by atoms with van der Waals surface area (Å²) < 4.78 is 10.9. The molecule has 6 nitrogen and oxygen atoms in total. The minimum absolute atomic E-state index is 0.348. The number of hydrogen-bond donors (Lipinski definition) is 0. The van der Waals surface area contributed by atoms with E-state index in [1.807, 2.05) is 0 Å². The van der Waals surface area contributed by atoms with Gasteiger partial charge in [0.25, 0.3) is 0 Å². The zero-order valence-electron chi connectivity index (χ0n) is 26.4. The molecule has 0 bridgehead atoms. The second kappa shape index (κ2) is 24.8. The van der Waals surface area contributed by atoms with Crippen molar-refractivity contribution in [3.8, 4) is 0 Å². The molecule has 0 N–H and O–H groups in total. The Morgan fingerprint density at radius 1 is 0.500 bits per heavy atom. The van der Waals surface area contributed by atoms with E-state index in [0.717, 1.165) is 39.0 Å². The average Bonchev–Trinajstić information content (AvgIpc) is 2.96. The summed E-state index contributed by atoms with van der Waals surface area (Å²) in [5.41, 5.74) is 0.917. The third kappa shape index (κ3) is 19.2. The topological polar surface area (TPSA) is 59.1 Å². The van der Waals surface area contributed by atoms with Gasteiger partial charge in [0.15, 0.2) is 0 Å². The lowest BCUT2D eigenvalue weighted by molar-refractivity contribution is 0.0476. The van der Waals surface area contributed by atoms with E-state index in [9.17, 15) is 9.59 Å². The van der Waals surface area contributed by atoms with Crippen molar-refractivity contribution in [2.75, 3.05) is 53.5 Å². The normalized spacial score (nSPS) is 11.3. The summed E-state index contributed by atoms with van der Waals surface area (Å²) in [5.74, 6) is -0.697. The highest BCUT2D eigenvalue weighted by atomic mass is 16.5. The van der Waals surface area contributed by atoms with Crippen LogP contribution in [0.1, 0.15) is 137 Å². The molecular formula is C34H60N2O4. The minimum Gasteiger partial charge on any atom is -0.462 e. The molecule has 0 amide bonds. The first-order chi connectivity index (χ1) is 19.5. The molecule has 0 saturated heterocycles. The molecule has 0 saturated carbocycles. The quantitative estimate of drug-likeness (QED) is 0.0842. The molecule has 0 radical (unpaired) electrons. The van der Waals surface area contributed by atoms with Gasteiger partial charge in [-0.25, -0.2) is 9.59 Å². The van der Waals surface area contributed by atoms with Crippen molar-refractivity contribution in [3.63, 3.8) is 0 Å². The number of nitrogens with zero attached hydrogens (tertiary/aromatic N) is 2. The van der Waals surface area contributed by atoms with E-state index < -0.39 is 0 Å². The lowest BCUT2D eigenvalue weighted by atomic mass is 10.1. The third-order valence-electron chi connectivity index (χ3n) is 7.48. The largest absolute Gasteiger partial charge is 0.462 e. The van der Waals surface area contributed by atoms with Gasteiger partial charge in [0.1, 0.15) is 0 Å². The average molecular weight is 561 g/mol. The first-order valence-corrected chi connectivity index (χ1v) is 16.3. The van der Waals surface area contributed by atoms with E-state index in [1.54, 1.807) is 24.3 Å². The molecule has 0 heterocycles. The summed E-state index contributed by atoms with van der Waals surface area (Å²) in [5, 5.41) is 0. The van der Waals surface area contributed by atoms with E-state index in [2.05, 4.69) is 37.7 Å². The number of ether oxygens (including phenoxy) is 2. The Hall–Kier alpha value is -1.92. The summed E-state index contributed by atoms with van der Waals surface area (Å²) in [6.45, 7) is 9.33. The smallest absolute Gasteiger partial charge is 0.338 e. The molecule has 0 unspecified atom stereocenters. The molecule has 1 rings (SSSR count). The van der Waals surface area contributed by atoms with Crippen LogP contribution in [0.15, 0.2) is 24.3 Å². The molecular weight excluding hydrogens is 500 g/mol. The van der Waals surface area contributed by atoms with Crippen LogP contribution in [-0.4, -0.2) is 75.2 Å². The summed E-state index contributed by atoms with van der Waals surface area (Å²) in [6.07, 6.45) is 20.1. The lowest BCUT2D eigenvalue weighted by Crippen LogP contribution is -2.22. The number of carbonyl (C=O) groups excluding carboxylic acids is 2. The van der Waals surface area contributed by atoms with Gasteiger partial charge in [-0.05, 0) is 77.1 Å². The molecule has 0 aliphatic rings. The van der Waals surface area contributed by atoms with Gasteiger partial charge < -0.3 is 19.3 Å². The fourth-order valence-corrected chi connectivity index (χ4v) is 4.81. The number of benzene rings is 1. The van der Waals surface area contributed by atoms with Crippen molar-refractivity contribution >= 4 is 11.9 Å². The maximum absolute atomic E-state index is 12.4. The predicted octanol–water partition coefficient (Wildman–Crippen LogP) is 8.15. The van der Waals surface area contributed by atoms with Crippen LogP contribution in [0.25, 0.3) is 0 Å². The van der Waals surface area contributed by atoms with Crippen molar-refractivity contribution in [2.24, 2.45) is 0 Å². The van der Waals surface area contributed by atoms with Crippen LogP contribution in [0.5, 0.6) is 0 Å². The maximum atomic E-state index is 12.4. The molecule has 0 aliphatic carbocycles. The van der Waals surface area contributed by atoms with Crippen molar-refractivity contribution in [1.29, 1.82) is 0 Å². The summed E-state index contributed by atoms with van der Waals surface area (Å²) in [6, 6.07) is 6.56. The maximum Gasteiger partial charge on any atom is 0.338 e. The fraction of sp³-hybridized carbons (Fsp3) is 0.765. The Bertz CT molecular complexity index is 690. The van der Waals surface area contributed by atoms with Crippen LogP contribution in [0.4, 0.5) is 0 Å². The van der Waals surface area contributed by atoms with Crippen molar-refractivity contribution in [1.82, 2.24) is 9.80 Å². The third-order valence-corrected chi connectivity index (χ3v) is 7.48. The van der Waals surface area contributed by atoms with Crippen LogP contribution in [0.2, 0.25) is 0 Å². The molecule has 0 atom stereocenters. The number of unbranched alkanes of at least 4 members (excludes halogenated alkanes) is 12. The van der Waals surface area contributed by atoms with Gasteiger partial charge in [-0.15, -0.1) is 0 Å². The Kier molecular flexibility index (Phi) is 22.4. The van der Waals surface area contributed by atoms with Gasteiger partial charge in [0, 0.05) is 13.1 Å². The number of hydrogen-bond acceptors (Lipinski definition) is 6. The standard InChI is InChI=1S/C34H60N2O4/c1-5-7-9-11-13-15-17-25-35(3)27-19-29-39-33(37)31-21-23-32(24-22-31)34(38)40-30-20-28-36(4)26-18-16-14-12-10-8-6-2/h21-24H,5-20,25-30H2,1-4H3. The lowest BCUT2D eigenvalue weighted by Gasteiger charge is -2.16. The number of esters is 2. The second-order valence-corrected chi connectivity index (χ2v) is 11.4. The number of rotatable bonds is 26. The fourth-order valence-electron chi connectivity index (χ4n) is 4.81. The van der Waals surface area contributed by atoms with Crippen LogP contribution in [0.3, 0.4) is 0 Å². The molecule has 230 valence electrons. The first-order valence-electron chi connectivity index (χ1n) is 16.3. The van der Waals surface area contributed by atoms with Gasteiger partial charge in [0.2, 0.25) is 0 Å². The molecule has 0 aromatic heterocycles. The summed E-state index contributed by atoms with van der Waals surface area (Å²) in [7, 11) is 4.26. The SMILES string of the molecule is CCCCCCCCCN(C)CCCOC(=O)c1ccc(C(=O)OCCCN(C)CCCCCCCCC)cc1. The van der Waals surface area contributed by atoms with Crippen molar-refractivity contribution < 1.29 is 19.1 Å². The van der Waals surface area contributed by atoms with E-state index in [4.69, 9.17) is 9.47 Å². The monoisotopic (exact) mass is 560 g/mol. The Balaban J connectivity index is 2.11. The molecule has 40 heavy (non-hydrogen) atoms. The van der Waals surface area contributed by atoms with Gasteiger partial charge >= 0.3 is 11.9 Å². The van der Waals surface area contributed by atoms with Gasteiger partial charge in [-0.1, -0.05) is 90.9 Å². The molecule has 0 aliphatic heterocycles. The first kappa shape index (κ1) is 36.1. The Morgan fingerprint density at radius 2 is 0.800 bits per heavy atom. The molecule has 1 aromatic rings. The Morgan fingerprint density at radius 3 is 1.15 bits per heavy atom. The molecule has 1 aromatic carbocycles. The molecule has 6 heteroatoms. The van der Waals surface area contributed by atoms with Gasteiger partial charge in [-0.2, -0.15) is 0 Å². The van der Waals surface area contributed by atoms with Gasteiger partial charge in [-0.3, -0.25) is 0 Å². The van der Waals surface area contributed by atoms with E-state index in [1.165, 1.54) is 89.9 Å². The van der Waals surface area contributed by atoms with E-state index in [0.29, 0.717) is 24.3 Å². The molecule has 0 fully saturated rings. The van der Waals surface area contributed by atoms with Crippen LogP contribution in [-0.2, 0) is 9.47 Å².